The molecule has 3 amide bonds. The van der Waals surface area contributed by atoms with Crippen LogP contribution in [-0.4, -0.2) is 65.1 Å². The zero-order valence-electron chi connectivity index (χ0n) is 38.2. The van der Waals surface area contributed by atoms with E-state index in [1.54, 1.807) is 18.8 Å². The highest BCUT2D eigenvalue weighted by Gasteiger charge is 2.44. The number of carbonyl (C=O) groups excluding carboxylic acids is 2. The van der Waals surface area contributed by atoms with Gasteiger partial charge in [-0.15, -0.1) is 23.5 Å². The second kappa shape index (κ2) is 21.3. The number of rotatable bonds is 18. The number of thioether (sulfide) groups is 2. The van der Waals surface area contributed by atoms with Crippen LogP contribution in [0.1, 0.15) is 50.4 Å². The Morgan fingerprint density at radius 3 is 1.13 bits per heavy atom. The summed E-state index contributed by atoms with van der Waals surface area (Å²) < 4.78 is -1.65. The molecule has 0 unspecified atom stereocenters. The topological polar surface area (TPSA) is 98.7 Å². The van der Waals surface area contributed by atoms with Crippen molar-refractivity contribution in [2.75, 3.05) is 25.1 Å². The predicted octanol–water partition coefficient (Wildman–Crippen LogP) is 11.8. The molecule has 69 heavy (non-hydrogen) atoms. The first-order valence-electron chi connectivity index (χ1n) is 23.2. The van der Waals surface area contributed by atoms with Gasteiger partial charge in [-0.25, -0.2) is 4.79 Å². The highest BCUT2D eigenvalue weighted by molar-refractivity contribution is 8.01. The van der Waals surface area contributed by atoms with E-state index in [-0.39, 0.29) is 24.0 Å². The maximum absolute atomic E-state index is 15.6. The lowest BCUT2D eigenvalue weighted by atomic mass is 9.84. The van der Waals surface area contributed by atoms with Gasteiger partial charge in [-0.05, 0) is 55.6 Å². The Labute approximate surface area is 413 Å². The normalized spacial score (nSPS) is 13.1. The van der Waals surface area contributed by atoms with Crippen LogP contribution < -0.4 is 10.6 Å². The van der Waals surface area contributed by atoms with E-state index in [0.29, 0.717) is 0 Å². The van der Waals surface area contributed by atoms with Crippen LogP contribution in [-0.2, 0) is 19.1 Å². The number of hydrogen-bond acceptors (Lipinski definition) is 5. The smallest absolute Gasteiger partial charge is 0.408 e. The first-order chi connectivity index (χ1) is 33.8. The summed E-state index contributed by atoms with van der Waals surface area (Å²) in [5.41, 5.74) is 10.1. The lowest BCUT2D eigenvalue weighted by Crippen LogP contribution is -2.57. The van der Waals surface area contributed by atoms with Gasteiger partial charge >= 0.3 is 6.09 Å². The van der Waals surface area contributed by atoms with Crippen molar-refractivity contribution in [3.05, 3.63) is 275 Å². The maximum atomic E-state index is 15.6. The average Bonchev–Trinajstić information content (AvgIpc) is 3.73. The van der Waals surface area contributed by atoms with Crippen LogP contribution >= 0.6 is 23.5 Å². The van der Waals surface area contributed by atoms with E-state index >= 15 is 4.79 Å². The van der Waals surface area contributed by atoms with Gasteiger partial charge in [0, 0.05) is 31.0 Å². The monoisotopic (exact) mass is 943 g/mol. The lowest BCUT2D eigenvalue weighted by molar-refractivity contribution is -0.130. The molecule has 0 saturated heterocycles. The molecule has 8 aromatic carbocycles. The average molecular weight is 944 g/mol. The first-order valence-corrected chi connectivity index (χ1v) is 25.1. The minimum absolute atomic E-state index is 0.00947. The highest BCUT2D eigenvalue weighted by atomic mass is 32.2. The summed E-state index contributed by atoms with van der Waals surface area (Å²) >= 11 is 3.08. The number of nitrogens with one attached hydrogen (secondary N) is 2. The molecule has 344 valence electrons. The van der Waals surface area contributed by atoms with Gasteiger partial charge in [-0.1, -0.05) is 231 Å². The fourth-order valence-electron chi connectivity index (χ4n) is 9.87. The summed E-state index contributed by atoms with van der Waals surface area (Å²) in [6.45, 7) is 0.00947. The SMILES string of the molecule is CNC(=O)[C@H](CSC(c1ccccc1)(c1ccccc1)c1ccccc1)NC(=O)[C@H](CSC(c1ccccc1)(c1ccccc1)c1ccccc1)N(CC1c2ccccc2-c2ccccc21)C(=O)O. The molecule has 0 radical (unpaired) electrons. The van der Waals surface area contributed by atoms with Crippen molar-refractivity contribution in [2.24, 2.45) is 0 Å². The van der Waals surface area contributed by atoms with Gasteiger partial charge in [0.25, 0.3) is 0 Å². The fourth-order valence-corrected chi connectivity index (χ4v) is 13.1. The largest absolute Gasteiger partial charge is 0.465 e. The molecule has 1 aliphatic carbocycles. The van der Waals surface area contributed by atoms with Crippen LogP contribution in [0, 0.1) is 0 Å². The molecule has 2 atom stereocenters. The number of carbonyl (C=O) groups is 3. The molecule has 9 heteroatoms. The highest BCUT2D eigenvalue weighted by Crippen LogP contribution is 2.51. The first kappa shape index (κ1) is 46.8. The van der Waals surface area contributed by atoms with Gasteiger partial charge in [0.15, 0.2) is 0 Å². The number of benzene rings is 8. The van der Waals surface area contributed by atoms with Crippen molar-refractivity contribution in [3.8, 4) is 11.1 Å². The third-order valence-corrected chi connectivity index (χ3v) is 16.4. The van der Waals surface area contributed by atoms with Crippen LogP contribution in [0.25, 0.3) is 11.1 Å². The third kappa shape index (κ3) is 9.45. The van der Waals surface area contributed by atoms with Crippen LogP contribution in [0.4, 0.5) is 4.79 Å². The Hall–Kier alpha value is -7.33. The Morgan fingerprint density at radius 1 is 0.478 bits per heavy atom. The van der Waals surface area contributed by atoms with Crippen molar-refractivity contribution < 1.29 is 19.5 Å². The second-order valence-electron chi connectivity index (χ2n) is 17.0. The number of carboxylic acid groups (broad SMARTS) is 1. The zero-order chi connectivity index (χ0) is 47.6. The molecule has 0 fully saturated rings. The van der Waals surface area contributed by atoms with Crippen molar-refractivity contribution in [1.29, 1.82) is 0 Å². The second-order valence-corrected chi connectivity index (χ2v) is 19.5. The van der Waals surface area contributed by atoms with Gasteiger partial charge in [-0.3, -0.25) is 14.5 Å². The molecule has 0 aliphatic heterocycles. The van der Waals surface area contributed by atoms with E-state index in [2.05, 4.69) is 95.6 Å². The molecule has 9 rings (SSSR count). The van der Waals surface area contributed by atoms with E-state index in [1.165, 1.54) is 16.7 Å². The number of hydrogen-bond donors (Lipinski definition) is 3. The maximum Gasteiger partial charge on any atom is 0.408 e. The number of nitrogens with zero attached hydrogens (tertiary/aromatic N) is 1. The number of likely N-dealkylation sites (N-methyl/N-ethyl adjacent to an activating group) is 1. The molecule has 0 saturated carbocycles. The lowest BCUT2D eigenvalue weighted by Gasteiger charge is -2.39. The Kier molecular flexibility index (Phi) is 14.4. The summed E-state index contributed by atoms with van der Waals surface area (Å²) in [6, 6.07) is 74.9. The van der Waals surface area contributed by atoms with Gasteiger partial charge in [-0.2, -0.15) is 0 Å². The molecule has 0 aromatic heterocycles. The van der Waals surface area contributed by atoms with Crippen LogP contribution in [0.2, 0.25) is 0 Å². The molecule has 7 nitrogen and oxygen atoms in total. The van der Waals surface area contributed by atoms with Crippen LogP contribution in [0.5, 0.6) is 0 Å². The molecular formula is C60H53N3O4S2. The van der Waals surface area contributed by atoms with Gasteiger partial charge < -0.3 is 15.7 Å². The zero-order valence-corrected chi connectivity index (χ0v) is 39.9. The summed E-state index contributed by atoms with van der Waals surface area (Å²) in [7, 11) is 1.56. The van der Waals surface area contributed by atoms with E-state index in [9.17, 15) is 14.7 Å². The van der Waals surface area contributed by atoms with E-state index in [4.69, 9.17) is 0 Å². The molecule has 0 spiro atoms. The summed E-state index contributed by atoms with van der Waals surface area (Å²) in [4.78, 5) is 45.2. The minimum Gasteiger partial charge on any atom is -0.465 e. The van der Waals surface area contributed by atoms with E-state index < -0.39 is 39.5 Å². The van der Waals surface area contributed by atoms with Gasteiger partial charge in [0.2, 0.25) is 11.8 Å². The van der Waals surface area contributed by atoms with Gasteiger partial charge in [0.1, 0.15) is 12.1 Å². The van der Waals surface area contributed by atoms with E-state index in [1.807, 2.05) is 146 Å². The molecule has 0 heterocycles. The predicted molar refractivity (Wildman–Crippen MR) is 282 cm³/mol. The summed E-state index contributed by atoms with van der Waals surface area (Å²) in [5.74, 6) is -1.10. The van der Waals surface area contributed by atoms with E-state index in [0.717, 1.165) is 55.6 Å². The van der Waals surface area contributed by atoms with Crippen molar-refractivity contribution in [3.63, 3.8) is 0 Å². The Balaban J connectivity index is 1.14. The fraction of sp³-hybridized carbons (Fsp3) is 0.150. The number of amides is 3. The molecular weight excluding hydrogens is 891 g/mol. The van der Waals surface area contributed by atoms with Crippen LogP contribution in [0.3, 0.4) is 0 Å². The Bertz CT molecular complexity index is 2740. The third-order valence-electron chi connectivity index (χ3n) is 13.2. The van der Waals surface area contributed by atoms with Gasteiger partial charge in [0.05, 0.1) is 9.49 Å². The number of fused-ring (bicyclic) bond motifs is 3. The minimum atomic E-state index is -1.25. The summed E-state index contributed by atoms with van der Waals surface area (Å²) in [5, 5.41) is 17.4. The molecule has 3 N–H and O–H groups in total. The molecule has 0 bridgehead atoms. The van der Waals surface area contributed by atoms with Crippen LogP contribution in [0.15, 0.2) is 231 Å². The Morgan fingerprint density at radius 2 is 0.797 bits per heavy atom. The quantitative estimate of drug-likeness (QED) is 0.0741. The molecule has 8 aromatic rings. The summed E-state index contributed by atoms with van der Waals surface area (Å²) in [6.07, 6.45) is -1.23. The van der Waals surface area contributed by atoms with Crippen molar-refractivity contribution >= 4 is 41.4 Å². The van der Waals surface area contributed by atoms with Crippen molar-refractivity contribution in [1.82, 2.24) is 15.5 Å². The van der Waals surface area contributed by atoms with Crippen molar-refractivity contribution in [2.45, 2.75) is 27.5 Å². The standard InChI is InChI=1S/C60H53N3O4S2/c1-61-56(64)54(41-68-59(43-24-8-2-9-25-43,44-26-10-3-11-27-44)45-28-12-4-13-29-45)62-57(65)55(63(58(66)67)40-53-51-38-22-20-36-49(51)50-37-21-23-39-52(50)53)42-69-60(46-30-14-5-15-31-46,47-32-16-6-17-33-47)48-34-18-7-19-35-48/h2-39,53-55H,40-42H2,1H3,(H,61,64)(H,62,65)(H,66,67)/t54-,55-/m0/s1. The molecule has 1 aliphatic rings.